The lowest BCUT2D eigenvalue weighted by atomic mass is 10.1. The van der Waals surface area contributed by atoms with Crippen molar-refractivity contribution in [2.75, 3.05) is 18.0 Å². The topological polar surface area (TPSA) is 65.6 Å². The Hall–Kier alpha value is -2.97. The lowest BCUT2D eigenvalue weighted by molar-refractivity contribution is 0.745. The van der Waals surface area contributed by atoms with Crippen LogP contribution in [0.3, 0.4) is 0 Å². The van der Waals surface area contributed by atoms with Crippen LogP contribution in [-0.4, -0.2) is 18.1 Å². The number of thiophene rings is 1. The highest BCUT2D eigenvalue weighted by Crippen LogP contribution is 2.39. The molecule has 0 saturated carbocycles. The Morgan fingerprint density at radius 3 is 2.03 bits per heavy atom. The molecule has 0 bridgehead atoms. The van der Waals surface area contributed by atoms with Gasteiger partial charge in [-0.05, 0) is 73.7 Å². The number of aromatic nitrogens is 1. The largest absolute Gasteiger partial charge is 0.372 e. The van der Waals surface area contributed by atoms with E-state index in [1.54, 1.807) is 0 Å². The molecular weight excluding hydrogens is 472 g/mol. The number of anilines is 1. The molecule has 0 amide bonds. The molecule has 2 heterocycles. The van der Waals surface area contributed by atoms with E-state index in [2.05, 4.69) is 75.4 Å². The molecule has 0 saturated heterocycles. The van der Waals surface area contributed by atoms with Gasteiger partial charge in [-0.2, -0.15) is 0 Å². The van der Waals surface area contributed by atoms with Gasteiger partial charge in [-0.1, -0.05) is 62.0 Å². The van der Waals surface area contributed by atoms with Crippen molar-refractivity contribution in [1.82, 2.24) is 4.98 Å². The van der Waals surface area contributed by atoms with Crippen molar-refractivity contribution in [2.24, 2.45) is 20.5 Å². The maximum absolute atomic E-state index is 4.60. The molecule has 0 N–H and O–H groups in total. The van der Waals surface area contributed by atoms with E-state index in [4.69, 9.17) is 0 Å². The molecule has 0 aliphatic carbocycles. The Kier molecular flexibility index (Phi) is 9.08. The van der Waals surface area contributed by atoms with Crippen LogP contribution in [0.2, 0.25) is 0 Å². The van der Waals surface area contributed by atoms with E-state index in [9.17, 15) is 0 Å². The maximum Gasteiger partial charge on any atom is 0.231 e. The lowest BCUT2D eigenvalue weighted by Crippen LogP contribution is -2.24. The van der Waals surface area contributed by atoms with Crippen molar-refractivity contribution in [3.63, 3.8) is 0 Å². The average Bonchev–Trinajstić information content (AvgIpc) is 3.44. The van der Waals surface area contributed by atoms with Gasteiger partial charge in [0.2, 0.25) is 5.13 Å². The number of azo groups is 2. The Labute approximate surface area is 215 Å². The van der Waals surface area contributed by atoms with E-state index in [0.29, 0.717) is 5.13 Å². The van der Waals surface area contributed by atoms with Crippen molar-refractivity contribution in [1.29, 1.82) is 0 Å². The van der Waals surface area contributed by atoms with Gasteiger partial charge in [-0.3, -0.25) is 0 Å². The first kappa shape index (κ1) is 25.1. The lowest BCUT2D eigenvalue weighted by Gasteiger charge is -2.23. The summed E-state index contributed by atoms with van der Waals surface area (Å²) in [6.45, 7) is 8.77. The molecule has 4 rings (SSSR count). The van der Waals surface area contributed by atoms with Crippen LogP contribution in [0.5, 0.6) is 0 Å². The summed E-state index contributed by atoms with van der Waals surface area (Å²) in [6, 6.07) is 18.6. The zero-order valence-corrected chi connectivity index (χ0v) is 22.3. The first-order chi connectivity index (χ1) is 17.2. The van der Waals surface area contributed by atoms with Gasteiger partial charge in [0, 0.05) is 18.8 Å². The molecule has 6 nitrogen and oxygen atoms in total. The van der Waals surface area contributed by atoms with Gasteiger partial charge in [0.1, 0.15) is 9.83 Å². The fourth-order valence-electron chi connectivity index (χ4n) is 3.76. The molecule has 2 aromatic carbocycles. The van der Waals surface area contributed by atoms with Crippen LogP contribution in [0.4, 0.5) is 27.2 Å². The van der Waals surface area contributed by atoms with Gasteiger partial charge in [0.05, 0.1) is 16.1 Å². The van der Waals surface area contributed by atoms with E-state index >= 15 is 0 Å². The predicted octanol–water partition coefficient (Wildman–Crippen LogP) is 10.2. The predicted molar refractivity (Wildman–Crippen MR) is 150 cm³/mol. The quantitative estimate of drug-likeness (QED) is 0.180. The third kappa shape index (κ3) is 7.02. The SMILES string of the molecule is CCCCc1ccc(N=Nc2cc3sc(N=Nc4ccc(N(CCC)CCC)cc4)nc3s2)cc1. The number of hydrogen-bond acceptors (Lipinski definition) is 8. The number of hydrogen-bond donors (Lipinski definition) is 0. The van der Waals surface area contributed by atoms with Gasteiger partial charge in [0.15, 0.2) is 0 Å². The minimum atomic E-state index is 0.653. The number of rotatable bonds is 12. The molecule has 0 aliphatic heterocycles. The van der Waals surface area contributed by atoms with E-state index < -0.39 is 0 Å². The molecule has 0 radical (unpaired) electrons. The third-order valence-corrected chi connectivity index (χ3v) is 7.47. The number of aryl methyl sites for hydroxylation is 1. The summed E-state index contributed by atoms with van der Waals surface area (Å²) in [4.78, 5) is 7.93. The molecule has 2 aromatic heterocycles. The monoisotopic (exact) mass is 504 g/mol. The Balaban J connectivity index is 1.37. The number of unbranched alkanes of at least 4 members (excludes halogenated alkanes) is 1. The zero-order valence-electron chi connectivity index (χ0n) is 20.6. The van der Waals surface area contributed by atoms with E-state index in [-0.39, 0.29) is 0 Å². The average molecular weight is 505 g/mol. The second-order valence-electron chi connectivity index (χ2n) is 8.42. The van der Waals surface area contributed by atoms with Crippen molar-refractivity contribution >= 4 is 59.4 Å². The number of thiazole rings is 1. The summed E-state index contributed by atoms with van der Waals surface area (Å²) in [7, 11) is 0. The van der Waals surface area contributed by atoms with Crippen molar-refractivity contribution in [3.05, 3.63) is 60.2 Å². The van der Waals surface area contributed by atoms with Gasteiger partial charge in [-0.15, -0.1) is 20.5 Å². The molecule has 0 fully saturated rings. The summed E-state index contributed by atoms with van der Waals surface area (Å²) in [5, 5.41) is 19.0. The van der Waals surface area contributed by atoms with Crippen LogP contribution in [0, 0.1) is 0 Å². The van der Waals surface area contributed by atoms with Gasteiger partial charge in [-0.25, -0.2) is 4.98 Å². The summed E-state index contributed by atoms with van der Waals surface area (Å²) in [5.41, 5.74) is 4.27. The fraction of sp³-hybridized carbons (Fsp3) is 0.370. The van der Waals surface area contributed by atoms with Crippen LogP contribution >= 0.6 is 22.7 Å². The van der Waals surface area contributed by atoms with E-state index in [1.807, 2.05) is 30.3 Å². The second-order valence-corrected chi connectivity index (χ2v) is 10.4. The highest BCUT2D eigenvalue weighted by molar-refractivity contribution is 7.30. The third-order valence-electron chi connectivity index (χ3n) is 5.54. The first-order valence-corrected chi connectivity index (χ1v) is 14.0. The molecule has 0 unspecified atom stereocenters. The zero-order chi connectivity index (χ0) is 24.5. The van der Waals surface area contributed by atoms with Crippen LogP contribution in [-0.2, 0) is 6.42 Å². The van der Waals surface area contributed by atoms with Gasteiger partial charge >= 0.3 is 0 Å². The molecule has 0 atom stereocenters. The normalized spacial score (nSPS) is 11.9. The summed E-state index contributed by atoms with van der Waals surface area (Å²) < 4.78 is 1.05. The van der Waals surface area contributed by atoms with Gasteiger partial charge < -0.3 is 4.90 Å². The van der Waals surface area contributed by atoms with Crippen LogP contribution in [0.1, 0.15) is 52.0 Å². The number of nitrogens with zero attached hydrogens (tertiary/aromatic N) is 6. The summed E-state index contributed by atoms with van der Waals surface area (Å²) in [6.07, 6.45) is 5.81. The molecule has 182 valence electrons. The van der Waals surface area contributed by atoms with Crippen LogP contribution in [0.15, 0.2) is 75.1 Å². The van der Waals surface area contributed by atoms with E-state index in [1.165, 1.54) is 46.8 Å². The minimum absolute atomic E-state index is 0.653. The Bertz CT molecular complexity index is 1220. The summed E-state index contributed by atoms with van der Waals surface area (Å²) in [5.74, 6) is 0. The van der Waals surface area contributed by atoms with Gasteiger partial charge in [0.25, 0.3) is 0 Å². The molecule has 35 heavy (non-hydrogen) atoms. The molecule has 0 aliphatic rings. The standard InChI is InChI=1S/C27H32N6S2/c1-4-7-8-20-9-11-21(12-10-20)29-31-25-19-24-26(35-25)28-27(34-24)32-30-22-13-15-23(16-14-22)33(17-5-2)18-6-3/h9-16,19H,4-8,17-18H2,1-3H3. The Morgan fingerprint density at radius 2 is 1.40 bits per heavy atom. The van der Waals surface area contributed by atoms with Crippen LogP contribution in [0.25, 0.3) is 9.53 Å². The molecule has 8 heteroatoms. The highest BCUT2D eigenvalue weighted by atomic mass is 32.1. The smallest absolute Gasteiger partial charge is 0.231 e. The highest BCUT2D eigenvalue weighted by Gasteiger charge is 2.09. The van der Waals surface area contributed by atoms with Crippen molar-refractivity contribution in [2.45, 2.75) is 52.9 Å². The van der Waals surface area contributed by atoms with Crippen LogP contribution < -0.4 is 4.90 Å². The summed E-state index contributed by atoms with van der Waals surface area (Å²) >= 11 is 3.04. The Morgan fingerprint density at radius 1 is 0.743 bits per heavy atom. The number of fused-ring (bicyclic) bond motifs is 1. The number of benzene rings is 2. The fourth-order valence-corrected chi connectivity index (χ4v) is 5.61. The van der Waals surface area contributed by atoms with E-state index in [0.717, 1.165) is 58.3 Å². The first-order valence-electron chi connectivity index (χ1n) is 12.4. The maximum atomic E-state index is 4.60. The minimum Gasteiger partial charge on any atom is -0.372 e. The molecular formula is C27H32N6S2. The molecule has 4 aromatic rings. The van der Waals surface area contributed by atoms with Crippen molar-refractivity contribution in [3.8, 4) is 0 Å². The second kappa shape index (κ2) is 12.7. The van der Waals surface area contributed by atoms with Crippen molar-refractivity contribution < 1.29 is 0 Å². The molecule has 0 spiro atoms.